The normalized spacial score (nSPS) is 10.2. The third-order valence-corrected chi connectivity index (χ3v) is 4.60. The van der Waals surface area contributed by atoms with Crippen LogP contribution in [0.2, 0.25) is 0 Å². The molecular formula is C19H21NO5S. The van der Waals surface area contributed by atoms with Crippen molar-refractivity contribution in [1.82, 2.24) is 5.32 Å². The monoisotopic (exact) mass is 375 g/mol. The summed E-state index contributed by atoms with van der Waals surface area (Å²) in [6.45, 7) is 1.86. The number of methoxy groups -OCH3 is 1. The first-order valence-corrected chi connectivity index (χ1v) is 8.94. The maximum atomic E-state index is 11.9. The van der Waals surface area contributed by atoms with Crippen molar-refractivity contribution in [1.29, 1.82) is 0 Å². The van der Waals surface area contributed by atoms with Crippen LogP contribution >= 0.6 is 11.3 Å². The van der Waals surface area contributed by atoms with Crippen LogP contribution in [0.3, 0.4) is 0 Å². The van der Waals surface area contributed by atoms with Gasteiger partial charge in [0.25, 0.3) is 5.91 Å². The Kier molecular flexibility index (Phi) is 7.35. The highest BCUT2D eigenvalue weighted by molar-refractivity contribution is 7.14. The van der Waals surface area contributed by atoms with E-state index in [1.54, 1.807) is 13.2 Å². The first-order valence-electron chi connectivity index (χ1n) is 8.13. The first-order chi connectivity index (χ1) is 12.5. The number of hydrogen-bond acceptors (Lipinski definition) is 6. The van der Waals surface area contributed by atoms with Crippen LogP contribution in [-0.4, -0.2) is 31.4 Å². The molecule has 0 aliphatic carbocycles. The van der Waals surface area contributed by atoms with Gasteiger partial charge in [0.15, 0.2) is 12.4 Å². The zero-order chi connectivity index (χ0) is 18.9. The number of ether oxygens (including phenoxy) is 2. The van der Waals surface area contributed by atoms with Crippen molar-refractivity contribution in [3.05, 3.63) is 51.7 Å². The van der Waals surface area contributed by atoms with Crippen LogP contribution in [-0.2, 0) is 20.9 Å². The Morgan fingerprint density at radius 2 is 1.92 bits per heavy atom. The van der Waals surface area contributed by atoms with Crippen molar-refractivity contribution in [3.8, 4) is 5.75 Å². The van der Waals surface area contributed by atoms with Crippen molar-refractivity contribution in [2.45, 2.75) is 26.3 Å². The molecule has 0 saturated heterocycles. The molecule has 0 aliphatic heterocycles. The maximum Gasteiger partial charge on any atom is 0.306 e. The molecule has 1 aromatic heterocycles. The quantitative estimate of drug-likeness (QED) is 0.538. The van der Waals surface area contributed by atoms with E-state index in [2.05, 4.69) is 5.32 Å². The van der Waals surface area contributed by atoms with E-state index in [0.717, 1.165) is 10.4 Å². The Bertz CT molecular complexity index is 784. The number of ketones is 1. The maximum absolute atomic E-state index is 11.9. The zero-order valence-electron chi connectivity index (χ0n) is 14.7. The lowest BCUT2D eigenvalue weighted by Gasteiger charge is -2.07. The highest BCUT2D eigenvalue weighted by atomic mass is 32.1. The highest BCUT2D eigenvalue weighted by Crippen LogP contribution is 2.17. The predicted octanol–water partition coefficient (Wildman–Crippen LogP) is 2.89. The van der Waals surface area contributed by atoms with Crippen LogP contribution in [0.1, 0.15) is 33.0 Å². The lowest BCUT2D eigenvalue weighted by atomic mass is 10.2. The topological polar surface area (TPSA) is 81.7 Å². The number of benzene rings is 1. The molecule has 6 nitrogen and oxygen atoms in total. The molecule has 0 fully saturated rings. The second-order valence-corrected chi connectivity index (χ2v) is 6.91. The van der Waals surface area contributed by atoms with E-state index in [0.29, 0.717) is 17.2 Å². The Morgan fingerprint density at radius 1 is 1.12 bits per heavy atom. The van der Waals surface area contributed by atoms with Gasteiger partial charge in [0.2, 0.25) is 0 Å². The minimum Gasteiger partial charge on any atom is -0.497 e. The number of thiophene rings is 1. The van der Waals surface area contributed by atoms with Crippen molar-refractivity contribution in [2.24, 2.45) is 0 Å². The van der Waals surface area contributed by atoms with E-state index in [1.807, 2.05) is 37.3 Å². The fraction of sp³-hybridized carbons (Fsp3) is 0.316. The van der Waals surface area contributed by atoms with E-state index < -0.39 is 11.9 Å². The second-order valence-electron chi connectivity index (χ2n) is 5.62. The van der Waals surface area contributed by atoms with Crippen LogP contribution in [0.25, 0.3) is 0 Å². The summed E-state index contributed by atoms with van der Waals surface area (Å²) in [5, 5.41) is 2.66. The standard InChI is InChI=1S/C19H21NO5S/c1-13-6-8-17(26-13)16(21)7-9-19(23)25-12-18(22)20-11-14-4-3-5-15(10-14)24-2/h3-6,8,10H,7,9,11-12H2,1-2H3,(H,20,22). The van der Waals surface area contributed by atoms with Gasteiger partial charge in [-0.3, -0.25) is 14.4 Å². The van der Waals surface area contributed by atoms with Gasteiger partial charge in [0, 0.05) is 17.8 Å². The number of hydrogen-bond donors (Lipinski definition) is 1. The first kappa shape index (κ1) is 19.7. The zero-order valence-corrected chi connectivity index (χ0v) is 15.6. The molecule has 2 rings (SSSR count). The average Bonchev–Trinajstić information content (AvgIpc) is 3.09. The molecule has 0 bridgehead atoms. The fourth-order valence-corrected chi connectivity index (χ4v) is 3.01. The molecule has 1 amide bonds. The summed E-state index contributed by atoms with van der Waals surface area (Å²) in [6, 6.07) is 10.9. The summed E-state index contributed by atoms with van der Waals surface area (Å²) in [5.74, 6) is -0.360. The summed E-state index contributed by atoms with van der Waals surface area (Å²) in [6.07, 6.45) is 0.0309. The van der Waals surface area contributed by atoms with Crippen molar-refractivity contribution >= 4 is 29.0 Å². The van der Waals surface area contributed by atoms with Gasteiger partial charge in [-0.15, -0.1) is 11.3 Å². The van der Waals surface area contributed by atoms with Crippen LogP contribution in [0.15, 0.2) is 36.4 Å². The molecule has 26 heavy (non-hydrogen) atoms. The van der Waals surface area contributed by atoms with E-state index in [9.17, 15) is 14.4 Å². The van der Waals surface area contributed by atoms with Gasteiger partial charge in [-0.25, -0.2) is 0 Å². The SMILES string of the molecule is COc1cccc(CNC(=O)COC(=O)CCC(=O)c2ccc(C)s2)c1. The van der Waals surface area contributed by atoms with Crippen LogP contribution < -0.4 is 10.1 Å². The van der Waals surface area contributed by atoms with E-state index in [4.69, 9.17) is 9.47 Å². The number of esters is 1. The minimum atomic E-state index is -0.567. The largest absolute Gasteiger partial charge is 0.497 e. The smallest absolute Gasteiger partial charge is 0.306 e. The van der Waals surface area contributed by atoms with Gasteiger partial charge in [0.05, 0.1) is 18.4 Å². The highest BCUT2D eigenvalue weighted by Gasteiger charge is 2.13. The van der Waals surface area contributed by atoms with Crippen molar-refractivity contribution in [3.63, 3.8) is 0 Å². The predicted molar refractivity (Wildman–Crippen MR) is 98.4 cm³/mol. The average molecular weight is 375 g/mol. The Balaban J connectivity index is 1.66. The number of rotatable bonds is 9. The molecule has 2 aromatic rings. The van der Waals surface area contributed by atoms with E-state index >= 15 is 0 Å². The van der Waals surface area contributed by atoms with Gasteiger partial charge >= 0.3 is 5.97 Å². The van der Waals surface area contributed by atoms with E-state index in [-0.39, 0.29) is 25.2 Å². The molecule has 0 unspecified atom stereocenters. The Morgan fingerprint density at radius 3 is 2.62 bits per heavy atom. The van der Waals surface area contributed by atoms with Gasteiger partial charge in [-0.05, 0) is 36.8 Å². The number of nitrogens with one attached hydrogen (secondary N) is 1. The van der Waals surface area contributed by atoms with Gasteiger partial charge in [-0.1, -0.05) is 12.1 Å². The molecular weight excluding hydrogens is 354 g/mol. The minimum absolute atomic E-state index is 0.0427. The van der Waals surface area contributed by atoms with Gasteiger partial charge in [-0.2, -0.15) is 0 Å². The van der Waals surface area contributed by atoms with Crippen molar-refractivity contribution in [2.75, 3.05) is 13.7 Å². The second kappa shape index (κ2) is 9.72. The number of amides is 1. The number of carbonyl (C=O) groups excluding carboxylic acids is 3. The van der Waals surface area contributed by atoms with Crippen LogP contribution in [0, 0.1) is 6.92 Å². The van der Waals surface area contributed by atoms with Crippen molar-refractivity contribution < 1.29 is 23.9 Å². The summed E-state index contributed by atoms with van der Waals surface area (Å²) in [7, 11) is 1.57. The fourth-order valence-electron chi connectivity index (χ4n) is 2.18. The Labute approximate surface area is 156 Å². The molecule has 0 atom stereocenters. The summed E-state index contributed by atoms with van der Waals surface area (Å²) in [5.41, 5.74) is 0.876. The van der Waals surface area contributed by atoms with Crippen LogP contribution in [0.5, 0.6) is 5.75 Å². The summed E-state index contributed by atoms with van der Waals surface area (Å²) < 4.78 is 10.0. The molecule has 0 radical (unpaired) electrons. The van der Waals surface area contributed by atoms with Crippen LogP contribution in [0.4, 0.5) is 0 Å². The lowest BCUT2D eigenvalue weighted by molar-refractivity contribution is -0.148. The van der Waals surface area contributed by atoms with E-state index in [1.165, 1.54) is 11.3 Å². The Hall–Kier alpha value is -2.67. The third kappa shape index (κ3) is 6.33. The van der Waals surface area contributed by atoms with Gasteiger partial charge < -0.3 is 14.8 Å². The summed E-state index contributed by atoms with van der Waals surface area (Å²) >= 11 is 1.40. The lowest BCUT2D eigenvalue weighted by Crippen LogP contribution is -2.28. The molecule has 0 saturated carbocycles. The molecule has 0 spiro atoms. The number of carbonyl (C=O) groups is 3. The number of Topliss-reactive ketones (excluding diaryl/α,β-unsaturated/α-hetero) is 1. The molecule has 138 valence electrons. The summed E-state index contributed by atoms with van der Waals surface area (Å²) in [4.78, 5) is 37.0. The molecule has 1 N–H and O–H groups in total. The third-order valence-electron chi connectivity index (χ3n) is 3.56. The molecule has 7 heteroatoms. The molecule has 0 aliphatic rings. The molecule has 1 aromatic carbocycles. The van der Waals surface area contributed by atoms with Gasteiger partial charge in [0.1, 0.15) is 5.75 Å². The molecule has 1 heterocycles. The number of aryl methyl sites for hydroxylation is 1.